The summed E-state index contributed by atoms with van der Waals surface area (Å²) in [5.41, 5.74) is 4.83. The maximum atomic E-state index is 11.9. The molecule has 0 fully saturated rings. The Morgan fingerprint density at radius 2 is 1.43 bits per heavy atom. The average Bonchev–Trinajstić information content (AvgIpc) is 3.06. The number of esters is 1. The van der Waals surface area contributed by atoms with E-state index in [1.165, 1.54) is 18.9 Å². The monoisotopic (exact) mass is 384 g/mol. The van der Waals surface area contributed by atoms with Crippen molar-refractivity contribution in [2.75, 3.05) is 20.8 Å². The summed E-state index contributed by atoms with van der Waals surface area (Å²) in [7, 11) is 3.25. The van der Waals surface area contributed by atoms with E-state index in [9.17, 15) is 4.79 Å². The van der Waals surface area contributed by atoms with Crippen molar-refractivity contribution < 1.29 is 19.1 Å². The molecular formula is C24H32O4. The molecule has 1 aliphatic rings. The summed E-state index contributed by atoms with van der Waals surface area (Å²) >= 11 is 0. The number of ether oxygens (including phenoxy) is 2. The van der Waals surface area contributed by atoms with Gasteiger partial charge in [0.1, 0.15) is 12.9 Å². The van der Waals surface area contributed by atoms with E-state index in [-0.39, 0.29) is 5.97 Å². The minimum Gasteiger partial charge on any atom is -0.457 e. The molecule has 1 aliphatic heterocycles. The lowest BCUT2D eigenvalue weighted by molar-refractivity contribution is -0.133. The van der Waals surface area contributed by atoms with Gasteiger partial charge in [-0.3, -0.25) is 0 Å². The fourth-order valence-corrected chi connectivity index (χ4v) is 2.28. The first-order valence-electron chi connectivity index (χ1n) is 9.33. The number of aryl methyl sites for hydroxylation is 1. The Morgan fingerprint density at radius 1 is 0.964 bits per heavy atom. The number of aldehydes is 1. The molecule has 1 heterocycles. The van der Waals surface area contributed by atoms with Gasteiger partial charge in [-0.05, 0) is 25.0 Å². The summed E-state index contributed by atoms with van der Waals surface area (Å²) in [5, 5.41) is 0. The van der Waals surface area contributed by atoms with Crippen LogP contribution in [0.3, 0.4) is 0 Å². The third-order valence-corrected chi connectivity index (χ3v) is 3.32. The van der Waals surface area contributed by atoms with E-state index in [0.29, 0.717) is 12.2 Å². The molecule has 28 heavy (non-hydrogen) atoms. The van der Waals surface area contributed by atoms with E-state index in [1.54, 1.807) is 14.2 Å². The molecule has 152 valence electrons. The third kappa shape index (κ3) is 8.78. The van der Waals surface area contributed by atoms with Crippen LogP contribution in [-0.2, 0) is 19.1 Å². The Kier molecular flexibility index (Phi) is 13.9. The molecule has 0 unspecified atom stereocenters. The maximum absolute atomic E-state index is 11.9. The molecule has 0 atom stereocenters. The van der Waals surface area contributed by atoms with Crippen LogP contribution in [0.4, 0.5) is 0 Å². The zero-order valence-electron chi connectivity index (χ0n) is 17.8. The standard InChI is InChI=1S/C17H14O2.C3H8.C2H6O.C2H4O/c1-12-7-9-13(10-8-12)15-11-19-17(18)16(15)14-5-3-2-4-6-14;2*1-3-2;1-2-3/h2-10H,11H2,1H3;3H2,1-2H3;1-2H3;2H,1H3. The lowest BCUT2D eigenvalue weighted by Crippen LogP contribution is -1.98. The molecule has 0 N–H and O–H groups in total. The highest BCUT2D eigenvalue weighted by molar-refractivity contribution is 6.27. The van der Waals surface area contributed by atoms with Crippen LogP contribution >= 0.6 is 0 Å². The van der Waals surface area contributed by atoms with Crippen molar-refractivity contribution in [1.29, 1.82) is 0 Å². The number of cyclic esters (lactones) is 1. The molecule has 0 saturated carbocycles. The van der Waals surface area contributed by atoms with E-state index < -0.39 is 0 Å². The largest absolute Gasteiger partial charge is 0.457 e. The van der Waals surface area contributed by atoms with Gasteiger partial charge in [-0.25, -0.2) is 4.79 Å². The second-order valence-corrected chi connectivity index (χ2v) is 6.01. The predicted octanol–water partition coefficient (Wildman–Crippen LogP) is 5.35. The van der Waals surface area contributed by atoms with Gasteiger partial charge in [0.2, 0.25) is 0 Å². The van der Waals surface area contributed by atoms with Crippen LogP contribution in [0.25, 0.3) is 11.1 Å². The number of carbonyl (C=O) groups excluding carboxylic acids is 2. The Labute approximate surface area is 169 Å². The highest BCUT2D eigenvalue weighted by Gasteiger charge is 2.26. The summed E-state index contributed by atoms with van der Waals surface area (Å²) in [6.45, 7) is 8.10. The molecule has 4 nitrogen and oxygen atoms in total. The van der Waals surface area contributed by atoms with Crippen molar-refractivity contribution in [1.82, 2.24) is 0 Å². The molecule has 0 radical (unpaired) electrons. The normalized spacial score (nSPS) is 11.7. The topological polar surface area (TPSA) is 52.6 Å². The molecular weight excluding hydrogens is 352 g/mol. The summed E-state index contributed by atoms with van der Waals surface area (Å²) in [6, 6.07) is 17.9. The van der Waals surface area contributed by atoms with Crippen LogP contribution in [0.5, 0.6) is 0 Å². The van der Waals surface area contributed by atoms with E-state index in [1.807, 2.05) is 61.5 Å². The maximum Gasteiger partial charge on any atom is 0.339 e. The summed E-state index contributed by atoms with van der Waals surface area (Å²) in [5.74, 6) is -0.234. The third-order valence-electron chi connectivity index (χ3n) is 3.32. The van der Waals surface area contributed by atoms with Gasteiger partial charge in [0, 0.05) is 19.8 Å². The molecule has 0 aliphatic carbocycles. The fourth-order valence-electron chi connectivity index (χ4n) is 2.28. The van der Waals surface area contributed by atoms with Crippen molar-refractivity contribution in [2.24, 2.45) is 0 Å². The molecule has 0 amide bonds. The highest BCUT2D eigenvalue weighted by atomic mass is 16.5. The number of hydrogen-bond donors (Lipinski definition) is 0. The van der Waals surface area contributed by atoms with Gasteiger partial charge in [-0.2, -0.15) is 0 Å². The van der Waals surface area contributed by atoms with Crippen molar-refractivity contribution in [3.63, 3.8) is 0 Å². The molecule has 0 spiro atoms. The second-order valence-electron chi connectivity index (χ2n) is 6.01. The van der Waals surface area contributed by atoms with Gasteiger partial charge in [0.15, 0.2) is 0 Å². The molecule has 4 heteroatoms. The minimum absolute atomic E-state index is 0.234. The first-order chi connectivity index (χ1) is 13.5. The Bertz CT molecular complexity index is 714. The number of carbonyl (C=O) groups is 2. The lowest BCUT2D eigenvalue weighted by Gasteiger charge is -2.04. The van der Waals surface area contributed by atoms with Crippen LogP contribution in [0.1, 0.15) is 43.9 Å². The highest BCUT2D eigenvalue weighted by Crippen LogP contribution is 2.32. The molecule has 0 aromatic heterocycles. The molecule has 0 saturated heterocycles. The predicted molar refractivity (Wildman–Crippen MR) is 116 cm³/mol. The first-order valence-corrected chi connectivity index (χ1v) is 9.33. The lowest BCUT2D eigenvalue weighted by atomic mass is 9.96. The molecule has 0 bridgehead atoms. The molecule has 2 aromatic carbocycles. The minimum atomic E-state index is -0.234. The quantitative estimate of drug-likeness (QED) is 0.517. The second kappa shape index (κ2) is 15.3. The Balaban J connectivity index is 0.000000695. The first kappa shape index (κ1) is 25.3. The van der Waals surface area contributed by atoms with E-state index >= 15 is 0 Å². The Morgan fingerprint density at radius 3 is 1.89 bits per heavy atom. The zero-order valence-corrected chi connectivity index (χ0v) is 17.8. The number of methoxy groups -OCH3 is 1. The molecule has 2 aromatic rings. The zero-order chi connectivity index (χ0) is 21.4. The van der Waals surface area contributed by atoms with Crippen molar-refractivity contribution in [3.8, 4) is 0 Å². The van der Waals surface area contributed by atoms with Gasteiger partial charge in [0.05, 0.1) is 5.57 Å². The molecule has 3 rings (SSSR count). The van der Waals surface area contributed by atoms with E-state index in [4.69, 9.17) is 9.53 Å². The van der Waals surface area contributed by atoms with Crippen molar-refractivity contribution in [2.45, 2.75) is 34.1 Å². The van der Waals surface area contributed by atoms with Crippen LogP contribution in [0.15, 0.2) is 54.6 Å². The Hall–Kier alpha value is -2.72. The van der Waals surface area contributed by atoms with Gasteiger partial charge in [-0.15, -0.1) is 0 Å². The van der Waals surface area contributed by atoms with Gasteiger partial charge in [-0.1, -0.05) is 80.4 Å². The number of hydrogen-bond acceptors (Lipinski definition) is 4. The van der Waals surface area contributed by atoms with Gasteiger partial charge >= 0.3 is 5.97 Å². The SMILES string of the molecule is CC=O.CCC.COC.Cc1ccc(C2=C(c3ccccc3)C(=O)OC2)cc1. The smallest absolute Gasteiger partial charge is 0.339 e. The average molecular weight is 385 g/mol. The summed E-state index contributed by atoms with van der Waals surface area (Å²) in [6.07, 6.45) is 2.00. The van der Waals surface area contributed by atoms with E-state index in [2.05, 4.69) is 18.6 Å². The van der Waals surface area contributed by atoms with Crippen LogP contribution in [-0.4, -0.2) is 33.1 Å². The summed E-state index contributed by atoms with van der Waals surface area (Å²) in [4.78, 5) is 20.8. The summed E-state index contributed by atoms with van der Waals surface area (Å²) < 4.78 is 9.45. The fraction of sp³-hybridized carbons (Fsp3) is 0.333. The number of rotatable bonds is 2. The van der Waals surface area contributed by atoms with Gasteiger partial charge in [0.25, 0.3) is 0 Å². The van der Waals surface area contributed by atoms with E-state index in [0.717, 1.165) is 23.0 Å². The van der Waals surface area contributed by atoms with Crippen LogP contribution < -0.4 is 0 Å². The van der Waals surface area contributed by atoms with Crippen LogP contribution in [0.2, 0.25) is 0 Å². The van der Waals surface area contributed by atoms with Crippen molar-refractivity contribution >= 4 is 23.4 Å². The van der Waals surface area contributed by atoms with Crippen molar-refractivity contribution in [3.05, 3.63) is 71.3 Å². The van der Waals surface area contributed by atoms with Crippen LogP contribution in [0, 0.1) is 6.92 Å². The van der Waals surface area contributed by atoms with Gasteiger partial charge < -0.3 is 14.3 Å². The number of benzene rings is 2.